The van der Waals surface area contributed by atoms with E-state index >= 15 is 0 Å². The first-order chi connectivity index (χ1) is 4.97. The Morgan fingerprint density at radius 1 is 1.27 bits per heavy atom. The predicted octanol–water partition coefficient (Wildman–Crippen LogP) is 1.80. The topological polar surface area (TPSA) is 30.5 Å². The van der Waals surface area contributed by atoms with Crippen molar-refractivity contribution in [3.63, 3.8) is 0 Å². The highest BCUT2D eigenvalue weighted by atomic mass is 35.5. The summed E-state index contributed by atoms with van der Waals surface area (Å²) in [5.41, 5.74) is 3.62. The minimum Gasteiger partial charge on any atom is -0.463 e. The molecule has 4 heteroatoms. The lowest BCUT2D eigenvalue weighted by Crippen LogP contribution is -2.14. The summed E-state index contributed by atoms with van der Waals surface area (Å²) in [6, 6.07) is 7.63. The van der Waals surface area contributed by atoms with Gasteiger partial charge in [0, 0.05) is 0 Å². The maximum absolute atomic E-state index is 5.14. The van der Waals surface area contributed by atoms with Crippen LogP contribution in [0.1, 0.15) is 0 Å². The van der Waals surface area contributed by atoms with Crippen molar-refractivity contribution in [2.24, 2.45) is 0 Å². The van der Waals surface area contributed by atoms with Gasteiger partial charge >= 0.3 is 0 Å². The molecule has 1 aliphatic heterocycles. The van der Waals surface area contributed by atoms with Crippen molar-refractivity contribution < 1.29 is 9.57 Å². The molecule has 2 rings (SSSR count). The fourth-order valence-electron chi connectivity index (χ4n) is 0.877. The van der Waals surface area contributed by atoms with Gasteiger partial charge < -0.3 is 4.74 Å². The number of nitrogens with one attached hydrogen (secondary N) is 1. The highest BCUT2D eigenvalue weighted by Crippen LogP contribution is 2.25. The highest BCUT2D eigenvalue weighted by Gasteiger charge is 2.06. The number of hydrogen-bond acceptors (Lipinski definition) is 3. The third-order valence-electron chi connectivity index (χ3n) is 1.34. The van der Waals surface area contributed by atoms with E-state index in [0.29, 0.717) is 0 Å². The van der Waals surface area contributed by atoms with Gasteiger partial charge in [-0.2, -0.15) is 0 Å². The smallest absolute Gasteiger partial charge is 0.213 e. The van der Waals surface area contributed by atoms with E-state index < -0.39 is 0 Å². The summed E-state index contributed by atoms with van der Waals surface area (Å²) in [5, 5.41) is 0. The molecule has 3 nitrogen and oxygen atoms in total. The van der Waals surface area contributed by atoms with Crippen LogP contribution in [0, 0.1) is 0 Å². The van der Waals surface area contributed by atoms with Crippen LogP contribution in [0.15, 0.2) is 24.3 Å². The molecule has 1 N–H and O–H groups in total. The second-order valence-corrected chi connectivity index (χ2v) is 2.00. The zero-order chi connectivity index (χ0) is 6.81. The van der Waals surface area contributed by atoms with Gasteiger partial charge in [0.1, 0.15) is 11.4 Å². The Morgan fingerprint density at radius 3 is 2.91 bits per heavy atom. The molecule has 0 radical (unpaired) electrons. The molecular formula is C7H8ClNO2. The largest absolute Gasteiger partial charge is 0.463 e. The molecule has 0 fully saturated rings. The molecule has 0 saturated carbocycles. The van der Waals surface area contributed by atoms with E-state index in [4.69, 9.17) is 9.57 Å². The van der Waals surface area contributed by atoms with Crippen LogP contribution in [-0.4, -0.2) is 6.79 Å². The summed E-state index contributed by atoms with van der Waals surface area (Å²) in [7, 11) is 0. The predicted molar refractivity (Wildman–Crippen MR) is 43.9 cm³/mol. The SMILES string of the molecule is Cl.c1ccc2c(c1)NOCO2. The zero-order valence-electron chi connectivity index (χ0n) is 5.74. The average Bonchev–Trinajstić information content (AvgIpc) is 2.05. The van der Waals surface area contributed by atoms with Crippen molar-refractivity contribution in [1.29, 1.82) is 0 Å². The first kappa shape index (κ1) is 8.17. The van der Waals surface area contributed by atoms with Gasteiger partial charge in [0.15, 0.2) is 0 Å². The molecule has 0 spiro atoms. The van der Waals surface area contributed by atoms with Crippen molar-refractivity contribution in [1.82, 2.24) is 0 Å². The summed E-state index contributed by atoms with van der Waals surface area (Å²) in [5.74, 6) is 0.841. The molecule has 0 amide bonds. The molecule has 1 aromatic rings. The molecule has 1 heterocycles. The lowest BCUT2D eigenvalue weighted by Gasteiger charge is -2.17. The molecule has 0 aliphatic carbocycles. The van der Waals surface area contributed by atoms with Gasteiger partial charge in [-0.3, -0.25) is 5.48 Å². The number of hydrogen-bond donors (Lipinski definition) is 1. The Bertz CT molecular complexity index is 217. The molecule has 0 atom stereocenters. The van der Waals surface area contributed by atoms with Crippen molar-refractivity contribution in [2.75, 3.05) is 12.3 Å². The minimum atomic E-state index is 0. The zero-order valence-corrected chi connectivity index (χ0v) is 6.56. The normalized spacial score (nSPS) is 13.5. The van der Waals surface area contributed by atoms with Gasteiger partial charge in [-0.25, -0.2) is 4.84 Å². The Hall–Kier alpha value is -0.930. The van der Waals surface area contributed by atoms with Crippen molar-refractivity contribution in [3.05, 3.63) is 24.3 Å². The van der Waals surface area contributed by atoms with Crippen LogP contribution in [0.25, 0.3) is 0 Å². The van der Waals surface area contributed by atoms with Crippen LogP contribution in [0.4, 0.5) is 5.69 Å². The summed E-state index contributed by atoms with van der Waals surface area (Å²) in [6.45, 7) is 0.275. The maximum Gasteiger partial charge on any atom is 0.213 e. The number of para-hydroxylation sites is 2. The van der Waals surface area contributed by atoms with Crippen LogP contribution in [0.3, 0.4) is 0 Å². The highest BCUT2D eigenvalue weighted by molar-refractivity contribution is 5.85. The monoisotopic (exact) mass is 173 g/mol. The summed E-state index contributed by atoms with van der Waals surface area (Å²) in [6.07, 6.45) is 0. The number of ether oxygens (including phenoxy) is 1. The lowest BCUT2D eigenvalue weighted by atomic mass is 10.3. The summed E-state index contributed by atoms with van der Waals surface area (Å²) in [4.78, 5) is 4.82. The number of rotatable bonds is 0. The van der Waals surface area contributed by atoms with Gasteiger partial charge in [0.2, 0.25) is 6.79 Å². The summed E-state index contributed by atoms with van der Waals surface area (Å²) < 4.78 is 5.14. The Morgan fingerprint density at radius 2 is 2.09 bits per heavy atom. The van der Waals surface area contributed by atoms with Crippen LogP contribution >= 0.6 is 12.4 Å². The number of fused-ring (bicyclic) bond motifs is 1. The minimum absolute atomic E-state index is 0. The molecule has 0 saturated heterocycles. The number of benzene rings is 1. The average molecular weight is 174 g/mol. The van der Waals surface area contributed by atoms with Crippen molar-refractivity contribution in [2.45, 2.75) is 0 Å². The molecule has 0 aromatic heterocycles. The van der Waals surface area contributed by atoms with Crippen LogP contribution in [0.5, 0.6) is 5.75 Å². The number of anilines is 1. The second kappa shape index (κ2) is 3.46. The maximum atomic E-state index is 5.14. The van der Waals surface area contributed by atoms with Gasteiger partial charge in [0.05, 0.1) is 0 Å². The molecule has 11 heavy (non-hydrogen) atoms. The number of halogens is 1. The van der Waals surface area contributed by atoms with E-state index in [0.717, 1.165) is 11.4 Å². The Balaban J connectivity index is 0.000000605. The van der Waals surface area contributed by atoms with Crippen LogP contribution in [0.2, 0.25) is 0 Å². The Kier molecular flexibility index (Phi) is 2.57. The van der Waals surface area contributed by atoms with Gasteiger partial charge in [-0.05, 0) is 12.1 Å². The molecular weight excluding hydrogens is 166 g/mol. The fraction of sp³-hybridized carbons (Fsp3) is 0.143. The first-order valence-electron chi connectivity index (χ1n) is 3.06. The van der Waals surface area contributed by atoms with Crippen molar-refractivity contribution >= 4 is 18.1 Å². The second-order valence-electron chi connectivity index (χ2n) is 2.00. The van der Waals surface area contributed by atoms with Crippen molar-refractivity contribution in [3.8, 4) is 5.75 Å². The fourth-order valence-corrected chi connectivity index (χ4v) is 0.877. The first-order valence-corrected chi connectivity index (χ1v) is 3.06. The molecule has 1 aromatic carbocycles. The van der Waals surface area contributed by atoms with Crippen LogP contribution < -0.4 is 10.2 Å². The van der Waals surface area contributed by atoms with Gasteiger partial charge in [-0.1, -0.05) is 12.1 Å². The molecule has 0 bridgehead atoms. The van der Waals surface area contributed by atoms with E-state index in [1.807, 2.05) is 24.3 Å². The van der Waals surface area contributed by atoms with E-state index in [2.05, 4.69) is 5.48 Å². The third kappa shape index (κ3) is 1.56. The van der Waals surface area contributed by atoms with E-state index in [9.17, 15) is 0 Å². The molecule has 1 aliphatic rings. The lowest BCUT2D eigenvalue weighted by molar-refractivity contribution is 0.0338. The van der Waals surface area contributed by atoms with E-state index in [1.54, 1.807) is 0 Å². The van der Waals surface area contributed by atoms with E-state index in [1.165, 1.54) is 0 Å². The molecule has 60 valence electrons. The quantitative estimate of drug-likeness (QED) is 0.649. The standard InChI is InChI=1S/C7H7NO2.ClH/c1-2-4-7-6(3-1)8-10-5-9-7;/h1-4,8H,5H2;1H. The van der Waals surface area contributed by atoms with Crippen LogP contribution in [-0.2, 0) is 4.84 Å². The Labute approximate surface area is 70.7 Å². The third-order valence-corrected chi connectivity index (χ3v) is 1.34. The molecule has 0 unspecified atom stereocenters. The summed E-state index contributed by atoms with van der Waals surface area (Å²) >= 11 is 0. The van der Waals surface area contributed by atoms with Gasteiger partial charge in [0.25, 0.3) is 0 Å². The van der Waals surface area contributed by atoms with E-state index in [-0.39, 0.29) is 19.2 Å². The van der Waals surface area contributed by atoms with Gasteiger partial charge in [-0.15, -0.1) is 12.4 Å².